The molecule has 2 heterocycles. The second-order valence-corrected chi connectivity index (χ2v) is 7.05. The highest BCUT2D eigenvalue weighted by Crippen LogP contribution is 2.25. The fraction of sp³-hybridized carbons (Fsp3) is 0.500. The maximum atomic E-state index is 12.4. The minimum Gasteiger partial charge on any atom is -0.411 e. The molecule has 1 aliphatic rings. The van der Waals surface area contributed by atoms with E-state index < -0.39 is 0 Å². The average molecular weight is 345 g/mol. The van der Waals surface area contributed by atoms with Gasteiger partial charge in [-0.25, -0.2) is 0 Å². The number of amides is 1. The van der Waals surface area contributed by atoms with E-state index in [1.807, 2.05) is 36.1 Å². The lowest BCUT2D eigenvalue weighted by atomic mass is 10.1. The van der Waals surface area contributed by atoms with Crippen LogP contribution in [0.15, 0.2) is 33.9 Å². The molecule has 1 saturated heterocycles. The summed E-state index contributed by atoms with van der Waals surface area (Å²) < 4.78 is 5.70. The summed E-state index contributed by atoms with van der Waals surface area (Å²) in [4.78, 5) is 14.4. The third-order valence-electron chi connectivity index (χ3n) is 4.31. The van der Waals surface area contributed by atoms with Crippen molar-refractivity contribution in [2.75, 3.05) is 18.8 Å². The van der Waals surface area contributed by atoms with Crippen molar-refractivity contribution in [1.29, 1.82) is 0 Å². The van der Waals surface area contributed by atoms with Gasteiger partial charge in [-0.3, -0.25) is 4.79 Å². The number of hydrogen-bond acceptors (Lipinski definition) is 5. The Bertz CT molecular complexity index is 678. The lowest BCUT2D eigenvalue weighted by Crippen LogP contribution is -2.35. The number of carbonyl (C=O) groups excluding carboxylic acids is 1. The van der Waals surface area contributed by atoms with Crippen molar-refractivity contribution >= 4 is 17.7 Å². The van der Waals surface area contributed by atoms with Crippen LogP contribution in [0.4, 0.5) is 0 Å². The highest BCUT2D eigenvalue weighted by molar-refractivity contribution is 7.99. The molecule has 0 bridgehead atoms. The predicted octanol–water partition coefficient (Wildman–Crippen LogP) is 3.93. The molecule has 1 aliphatic heterocycles. The molecular formula is C18H23N3O2S. The minimum atomic E-state index is 0.164. The lowest BCUT2D eigenvalue weighted by Gasteiger charge is -2.24. The molecule has 0 atom stereocenters. The van der Waals surface area contributed by atoms with Gasteiger partial charge in [0.05, 0.1) is 5.75 Å². The van der Waals surface area contributed by atoms with E-state index in [0.717, 1.165) is 37.1 Å². The second-order valence-electron chi connectivity index (χ2n) is 6.13. The van der Waals surface area contributed by atoms with Gasteiger partial charge in [0.2, 0.25) is 11.8 Å². The molecule has 1 fully saturated rings. The van der Waals surface area contributed by atoms with E-state index in [0.29, 0.717) is 16.9 Å². The Kier molecular flexibility index (Phi) is 5.91. The maximum absolute atomic E-state index is 12.4. The minimum absolute atomic E-state index is 0.164. The van der Waals surface area contributed by atoms with Gasteiger partial charge in [-0.15, -0.1) is 10.2 Å². The molecule has 0 aliphatic carbocycles. The maximum Gasteiger partial charge on any atom is 0.277 e. The van der Waals surface area contributed by atoms with Crippen LogP contribution >= 0.6 is 11.8 Å². The van der Waals surface area contributed by atoms with Crippen LogP contribution in [-0.4, -0.2) is 39.8 Å². The Balaban J connectivity index is 1.57. The van der Waals surface area contributed by atoms with Gasteiger partial charge in [0.1, 0.15) is 0 Å². The van der Waals surface area contributed by atoms with Crippen molar-refractivity contribution < 1.29 is 9.21 Å². The summed E-state index contributed by atoms with van der Waals surface area (Å²) >= 11 is 1.32. The molecule has 2 aromatic rings. The smallest absolute Gasteiger partial charge is 0.277 e. The molecule has 6 heteroatoms. The Labute approximate surface area is 146 Å². The quantitative estimate of drug-likeness (QED) is 0.786. The van der Waals surface area contributed by atoms with Gasteiger partial charge in [0.25, 0.3) is 5.22 Å². The summed E-state index contributed by atoms with van der Waals surface area (Å²) in [6, 6.07) is 7.90. The van der Waals surface area contributed by atoms with Crippen molar-refractivity contribution in [3.05, 3.63) is 29.8 Å². The Morgan fingerprint density at radius 3 is 2.58 bits per heavy atom. The average Bonchev–Trinajstić information content (AvgIpc) is 3.01. The van der Waals surface area contributed by atoms with Gasteiger partial charge < -0.3 is 9.32 Å². The van der Waals surface area contributed by atoms with Gasteiger partial charge in [-0.1, -0.05) is 49.2 Å². The van der Waals surface area contributed by atoms with Crippen molar-refractivity contribution in [1.82, 2.24) is 15.1 Å². The monoisotopic (exact) mass is 345 g/mol. The van der Waals surface area contributed by atoms with Gasteiger partial charge >= 0.3 is 0 Å². The number of thioether (sulfide) groups is 1. The summed E-state index contributed by atoms with van der Waals surface area (Å²) in [6.45, 7) is 3.76. The largest absolute Gasteiger partial charge is 0.411 e. The third-order valence-corrected chi connectivity index (χ3v) is 5.11. The van der Waals surface area contributed by atoms with Crippen molar-refractivity contribution in [2.24, 2.45) is 0 Å². The molecule has 1 amide bonds. The Hall–Kier alpha value is -1.82. The third kappa shape index (κ3) is 4.38. The topological polar surface area (TPSA) is 59.2 Å². The van der Waals surface area contributed by atoms with Gasteiger partial charge in [0.15, 0.2) is 0 Å². The van der Waals surface area contributed by atoms with Crippen LogP contribution in [0.2, 0.25) is 0 Å². The molecule has 1 aromatic heterocycles. The fourth-order valence-corrected chi connectivity index (χ4v) is 3.57. The van der Waals surface area contributed by atoms with E-state index >= 15 is 0 Å². The number of nitrogens with zero attached hydrogens (tertiary/aromatic N) is 3. The zero-order chi connectivity index (χ0) is 16.8. The second kappa shape index (κ2) is 8.33. The summed E-state index contributed by atoms with van der Waals surface area (Å²) in [5.41, 5.74) is 2.03. The standard InChI is InChI=1S/C18H23N3O2S/c1-14-9-5-6-10-15(14)17-19-20-18(23-17)24-13-16(22)21-11-7-3-2-4-8-12-21/h5-6,9-10H,2-4,7-8,11-13H2,1H3. The molecule has 5 nitrogen and oxygen atoms in total. The first kappa shape index (κ1) is 17.0. The van der Waals surface area contributed by atoms with Crippen LogP contribution in [0.3, 0.4) is 0 Å². The van der Waals surface area contributed by atoms with Crippen LogP contribution in [-0.2, 0) is 4.79 Å². The number of rotatable bonds is 4. The summed E-state index contributed by atoms with van der Waals surface area (Å²) in [6.07, 6.45) is 5.95. The number of aryl methyl sites for hydroxylation is 1. The molecule has 1 aromatic carbocycles. The van der Waals surface area contributed by atoms with Crippen LogP contribution in [0, 0.1) is 6.92 Å². The molecule has 0 N–H and O–H groups in total. The Morgan fingerprint density at radius 2 is 1.83 bits per heavy atom. The van der Waals surface area contributed by atoms with Crippen molar-refractivity contribution in [2.45, 2.75) is 44.3 Å². The first-order valence-corrected chi connectivity index (χ1v) is 9.52. The SMILES string of the molecule is Cc1ccccc1-c1nnc(SCC(=O)N2CCCCCCC2)o1. The summed E-state index contributed by atoms with van der Waals surface area (Å²) in [5, 5.41) is 8.62. The molecule has 24 heavy (non-hydrogen) atoms. The van der Waals surface area contributed by atoms with Gasteiger partial charge in [0, 0.05) is 18.7 Å². The highest BCUT2D eigenvalue weighted by atomic mass is 32.2. The summed E-state index contributed by atoms with van der Waals surface area (Å²) in [5.74, 6) is 1.03. The first-order valence-electron chi connectivity index (χ1n) is 8.54. The Morgan fingerprint density at radius 1 is 1.12 bits per heavy atom. The molecule has 0 spiro atoms. The number of carbonyl (C=O) groups is 1. The molecule has 0 unspecified atom stereocenters. The highest BCUT2D eigenvalue weighted by Gasteiger charge is 2.17. The molecule has 0 radical (unpaired) electrons. The van der Waals surface area contributed by atoms with Crippen LogP contribution < -0.4 is 0 Å². The van der Waals surface area contributed by atoms with Crippen LogP contribution in [0.1, 0.15) is 37.7 Å². The van der Waals surface area contributed by atoms with E-state index in [-0.39, 0.29) is 5.91 Å². The van der Waals surface area contributed by atoms with Crippen molar-refractivity contribution in [3.8, 4) is 11.5 Å². The van der Waals surface area contributed by atoms with Gasteiger partial charge in [-0.2, -0.15) is 0 Å². The summed E-state index contributed by atoms with van der Waals surface area (Å²) in [7, 11) is 0. The fourth-order valence-electron chi connectivity index (χ4n) is 2.90. The number of hydrogen-bond donors (Lipinski definition) is 0. The van der Waals surface area contributed by atoms with Crippen LogP contribution in [0.25, 0.3) is 11.5 Å². The van der Waals surface area contributed by atoms with E-state index in [2.05, 4.69) is 10.2 Å². The zero-order valence-electron chi connectivity index (χ0n) is 14.0. The van der Waals surface area contributed by atoms with E-state index in [1.165, 1.54) is 31.0 Å². The van der Waals surface area contributed by atoms with E-state index in [1.54, 1.807) is 0 Å². The molecular weight excluding hydrogens is 322 g/mol. The van der Waals surface area contributed by atoms with E-state index in [4.69, 9.17) is 4.42 Å². The van der Waals surface area contributed by atoms with E-state index in [9.17, 15) is 4.79 Å². The zero-order valence-corrected chi connectivity index (χ0v) is 14.8. The van der Waals surface area contributed by atoms with Crippen LogP contribution in [0.5, 0.6) is 0 Å². The van der Waals surface area contributed by atoms with Crippen molar-refractivity contribution in [3.63, 3.8) is 0 Å². The number of aromatic nitrogens is 2. The first-order chi connectivity index (χ1) is 11.7. The lowest BCUT2D eigenvalue weighted by molar-refractivity contribution is -0.128. The van der Waals surface area contributed by atoms with Gasteiger partial charge in [-0.05, 0) is 31.4 Å². The molecule has 128 valence electrons. The number of benzene rings is 1. The normalized spacial score (nSPS) is 15.8. The molecule has 0 saturated carbocycles. The number of likely N-dealkylation sites (tertiary alicyclic amines) is 1. The predicted molar refractivity (Wildman–Crippen MR) is 94.9 cm³/mol. The molecule has 3 rings (SSSR count).